The van der Waals surface area contributed by atoms with Gasteiger partial charge in [0, 0.05) is 33.7 Å². The minimum absolute atomic E-state index is 0.0452. The topological polar surface area (TPSA) is 19.6 Å². The molecule has 2 aliphatic heterocycles. The molecule has 6 aromatic carbocycles. The lowest BCUT2D eigenvalue weighted by Gasteiger charge is -2.44. The summed E-state index contributed by atoms with van der Waals surface area (Å²) in [6.45, 7) is 30.8. The van der Waals surface area contributed by atoms with Gasteiger partial charge in [-0.2, -0.15) is 0 Å². The van der Waals surface area contributed by atoms with Crippen LogP contribution >= 0.6 is 0 Å². The molecule has 0 saturated heterocycles. The number of benzene rings is 6. The van der Waals surface area contributed by atoms with Crippen molar-refractivity contribution < 1.29 is 12.6 Å². The second-order valence-electron chi connectivity index (χ2n) is 23.0. The Hall–Kier alpha value is -5.48. The van der Waals surface area contributed by atoms with Crippen LogP contribution < -0.4 is 26.4 Å². The van der Waals surface area contributed by atoms with E-state index < -0.39 is 6.04 Å². The monoisotopic (exact) mass is 835 g/mol. The summed E-state index contributed by atoms with van der Waals surface area (Å²) in [6, 6.07) is 27.2. The Balaban J connectivity index is 1.36. The Labute approximate surface area is 386 Å². The molecular weight excluding hydrogens is 763 g/mol. The van der Waals surface area contributed by atoms with E-state index in [0.29, 0.717) is 17.3 Å². The van der Waals surface area contributed by atoms with Gasteiger partial charge >= 0.3 is 0 Å². The Morgan fingerprint density at radius 3 is 1.78 bits per heavy atom. The lowest BCUT2D eigenvalue weighted by atomic mass is 9.35. The van der Waals surface area contributed by atoms with E-state index >= 15 is 0 Å². The Bertz CT molecular complexity index is 3310. The van der Waals surface area contributed by atoms with Gasteiger partial charge in [-0.3, -0.25) is 0 Å². The van der Waals surface area contributed by atoms with Crippen LogP contribution in [0.15, 0.2) is 120 Å². The molecule has 0 amide bonds. The summed E-state index contributed by atoms with van der Waals surface area (Å²) in [7, 11) is 0. The van der Waals surface area contributed by atoms with Gasteiger partial charge in [0.05, 0.1) is 25.3 Å². The van der Waals surface area contributed by atoms with Gasteiger partial charge in [0.1, 0.15) is 5.58 Å². The highest BCUT2D eigenvalue weighted by Gasteiger charge is 2.48. The quantitative estimate of drug-likeness (QED) is 0.165. The Kier molecular flexibility index (Phi) is 7.63. The van der Waals surface area contributed by atoms with E-state index in [1.807, 2.05) is 12.1 Å². The summed E-state index contributed by atoms with van der Waals surface area (Å²) >= 11 is 0. The van der Waals surface area contributed by atoms with Gasteiger partial charge in [0.15, 0.2) is 0 Å². The second kappa shape index (κ2) is 13.8. The average molecular weight is 835 g/mol. The van der Waals surface area contributed by atoms with E-state index in [-0.39, 0.29) is 63.5 Å². The number of rotatable bonds is 3. The fourth-order valence-corrected chi connectivity index (χ4v) is 10.5. The van der Waals surface area contributed by atoms with Gasteiger partial charge in [0.2, 0.25) is 0 Å². The lowest BCUT2D eigenvalue weighted by Crippen LogP contribution is -2.61. The zero-order valence-electron chi connectivity index (χ0n) is 45.8. The summed E-state index contributed by atoms with van der Waals surface area (Å²) in [4.78, 5) is 4.55. The maximum atomic E-state index is 9.86. The van der Waals surface area contributed by atoms with Crippen LogP contribution in [-0.2, 0) is 27.1 Å². The van der Waals surface area contributed by atoms with Crippen LogP contribution in [0.25, 0.3) is 22.1 Å². The number of furan rings is 1. The predicted octanol–water partition coefficient (Wildman–Crippen LogP) is 14.7. The lowest BCUT2D eigenvalue weighted by molar-refractivity contribution is 0.332. The molecule has 320 valence electrons. The fraction of sp³-hybridized carbons (Fsp3) is 0.356. The summed E-state index contributed by atoms with van der Waals surface area (Å²) < 4.78 is 62.3. The predicted molar refractivity (Wildman–Crippen MR) is 272 cm³/mol. The molecule has 0 saturated carbocycles. The van der Waals surface area contributed by atoms with E-state index in [4.69, 9.17) is 8.53 Å². The van der Waals surface area contributed by atoms with Crippen molar-refractivity contribution in [3.8, 4) is 11.1 Å². The van der Waals surface area contributed by atoms with Crippen molar-refractivity contribution in [3.05, 3.63) is 148 Å². The molecule has 1 aromatic heterocycles. The average Bonchev–Trinajstić information content (AvgIpc) is 3.63. The Morgan fingerprint density at radius 2 is 1.16 bits per heavy atom. The van der Waals surface area contributed by atoms with E-state index in [1.165, 1.54) is 11.1 Å². The van der Waals surface area contributed by atoms with Gasteiger partial charge in [0.25, 0.3) is 6.71 Å². The number of aryl methyl sites for hydroxylation is 1. The van der Waals surface area contributed by atoms with Crippen molar-refractivity contribution in [1.82, 2.24) is 0 Å². The molecule has 0 radical (unpaired) electrons. The molecule has 1 aliphatic carbocycles. The second-order valence-corrected chi connectivity index (χ2v) is 23.0. The van der Waals surface area contributed by atoms with Crippen molar-refractivity contribution in [1.29, 1.82) is 0 Å². The maximum absolute atomic E-state index is 9.86. The van der Waals surface area contributed by atoms with Crippen molar-refractivity contribution in [2.24, 2.45) is 0 Å². The first-order chi connectivity index (χ1) is 32.0. The molecule has 3 heterocycles. The molecule has 63 heavy (non-hydrogen) atoms. The molecular formula is C59H65BN2O. The van der Waals surface area contributed by atoms with Crippen molar-refractivity contribution in [2.75, 3.05) is 9.80 Å². The van der Waals surface area contributed by atoms with E-state index in [9.17, 15) is 4.11 Å². The normalized spacial score (nSPS) is 17.8. The number of anilines is 6. The largest absolute Gasteiger partial charge is 0.468 e. The number of hydrogen-bond acceptors (Lipinski definition) is 3. The van der Waals surface area contributed by atoms with Gasteiger partial charge in [-0.25, -0.2) is 0 Å². The Morgan fingerprint density at radius 1 is 0.587 bits per heavy atom. The molecule has 0 fully saturated rings. The molecule has 0 spiro atoms. The first kappa shape index (κ1) is 34.9. The first-order valence-electron chi connectivity index (χ1n) is 25.8. The molecule has 3 aliphatic rings. The smallest absolute Gasteiger partial charge is 0.297 e. The third-order valence-electron chi connectivity index (χ3n) is 14.4. The van der Waals surface area contributed by atoms with Crippen LogP contribution in [0.5, 0.6) is 0 Å². The first-order valence-corrected chi connectivity index (χ1v) is 22.8. The van der Waals surface area contributed by atoms with Crippen LogP contribution in [-0.4, -0.2) is 6.71 Å². The SMILES string of the molecule is [2H]c1cc(C(C)(C)C)ccc1N1c2cc(C)cc3c2B(c2cc(C(C)(C)C)ccc2N3c2ccc(C(C)(C)C)cc2-c2c([2H])c([2H])c([2H])c([2H])c2[2H])c2oc3cc4c(cc3c21)C(C)(C)CCC4(C)C. The molecule has 0 N–H and O–H groups in total. The summed E-state index contributed by atoms with van der Waals surface area (Å²) in [5.41, 5.74) is 15.7. The standard InChI is InChI=1S/C59H65BN2O/c1-36-30-49-52-50(31-36)62(47-26-22-39(56(5,6)7)32-42(47)37-18-16-15-17-19-37)48-27-23-40(57(8,9)10)33-46(48)60(52)54-53(61(49)41-24-20-38(21-25-41)55(2,3)4)43-34-44-45(35-51(43)63-54)59(13,14)29-28-58(44,11)12/h15-27,30-35H,28-29H2,1-14H3/i15D,16D,17D,18D,19D,24D. The highest BCUT2D eigenvalue weighted by Crippen LogP contribution is 2.52. The third-order valence-corrected chi connectivity index (χ3v) is 14.4. The van der Waals surface area contributed by atoms with Gasteiger partial charge < -0.3 is 14.2 Å². The van der Waals surface area contributed by atoms with Crippen LogP contribution in [0.1, 0.15) is 144 Å². The minimum Gasteiger partial charge on any atom is -0.468 e. The molecule has 10 rings (SSSR count). The zero-order valence-corrected chi connectivity index (χ0v) is 39.8. The molecule has 0 unspecified atom stereocenters. The van der Waals surface area contributed by atoms with E-state index in [1.54, 1.807) is 0 Å². The molecule has 0 atom stereocenters. The van der Waals surface area contributed by atoms with Crippen molar-refractivity contribution >= 4 is 68.4 Å². The van der Waals surface area contributed by atoms with E-state index in [2.05, 4.69) is 173 Å². The maximum Gasteiger partial charge on any atom is 0.297 e. The third kappa shape index (κ3) is 6.60. The highest BCUT2D eigenvalue weighted by atomic mass is 16.3. The zero-order chi connectivity index (χ0) is 50.0. The summed E-state index contributed by atoms with van der Waals surface area (Å²) in [5, 5.41) is 1.03. The van der Waals surface area contributed by atoms with E-state index in [0.717, 1.165) is 91.1 Å². The number of nitrogens with zero attached hydrogens (tertiary/aromatic N) is 2. The number of fused-ring (bicyclic) bond motifs is 7. The van der Waals surface area contributed by atoms with Crippen LogP contribution in [0, 0.1) is 6.92 Å². The number of hydrogen-bond donors (Lipinski definition) is 0. The van der Waals surface area contributed by atoms with Gasteiger partial charge in [-0.15, -0.1) is 0 Å². The van der Waals surface area contributed by atoms with Gasteiger partial charge in [-0.1, -0.05) is 151 Å². The van der Waals surface area contributed by atoms with Gasteiger partial charge in [-0.05, 0) is 151 Å². The molecule has 3 nitrogen and oxygen atoms in total. The van der Waals surface area contributed by atoms with Crippen LogP contribution in [0.4, 0.5) is 34.1 Å². The molecule has 4 heteroatoms. The van der Waals surface area contributed by atoms with Crippen LogP contribution in [0.3, 0.4) is 0 Å². The molecule has 7 aromatic rings. The fourth-order valence-electron chi connectivity index (χ4n) is 10.5. The van der Waals surface area contributed by atoms with Crippen molar-refractivity contribution in [3.63, 3.8) is 0 Å². The summed E-state index contributed by atoms with van der Waals surface area (Å²) in [6.07, 6.45) is 2.15. The van der Waals surface area contributed by atoms with Crippen molar-refractivity contribution in [2.45, 2.75) is 137 Å². The minimum atomic E-state index is -0.421. The van der Waals surface area contributed by atoms with Crippen LogP contribution in [0.2, 0.25) is 0 Å². The summed E-state index contributed by atoms with van der Waals surface area (Å²) in [5.74, 6) is 0. The molecule has 0 bridgehead atoms. The highest BCUT2D eigenvalue weighted by molar-refractivity contribution is 7.00.